The molecule has 0 atom stereocenters. The summed E-state index contributed by atoms with van der Waals surface area (Å²) in [6.45, 7) is 15.5. The van der Waals surface area contributed by atoms with Crippen molar-refractivity contribution in [2.75, 3.05) is 0 Å². The van der Waals surface area contributed by atoms with Crippen LogP contribution in [-0.4, -0.2) is 33.2 Å². The molecule has 0 aliphatic heterocycles. The third-order valence-corrected chi connectivity index (χ3v) is 7.04. The van der Waals surface area contributed by atoms with Gasteiger partial charge in [0.05, 0.1) is 0 Å². The van der Waals surface area contributed by atoms with Crippen molar-refractivity contribution in [3.05, 3.63) is 0 Å². The molecule has 0 bridgehead atoms. The third kappa shape index (κ3) is 66.6. The maximum absolute atomic E-state index is 10.1. The monoisotopic (exact) mass is 603 g/mol. The van der Waals surface area contributed by atoms with Crippen molar-refractivity contribution in [3.8, 4) is 0 Å². The highest BCUT2D eigenvalue weighted by molar-refractivity contribution is 5.67. The Morgan fingerprint density at radius 1 is 0.381 bits per heavy atom. The van der Waals surface area contributed by atoms with Crippen LogP contribution in [0.2, 0.25) is 0 Å². The van der Waals surface area contributed by atoms with Gasteiger partial charge >= 0.3 is 17.9 Å². The van der Waals surface area contributed by atoms with E-state index in [1.54, 1.807) is 0 Å². The summed E-state index contributed by atoms with van der Waals surface area (Å²) in [5.41, 5.74) is 0.542. The lowest BCUT2D eigenvalue weighted by Crippen LogP contribution is -2.00. The molecule has 0 saturated heterocycles. The van der Waals surface area contributed by atoms with E-state index in [2.05, 4.69) is 48.5 Å². The maximum Gasteiger partial charge on any atom is 0.303 e. The lowest BCUT2D eigenvalue weighted by Gasteiger charge is -2.12. The van der Waals surface area contributed by atoms with E-state index in [0.29, 0.717) is 24.7 Å². The Hall–Kier alpha value is -1.59. The van der Waals surface area contributed by atoms with E-state index in [1.807, 2.05) is 0 Å². The Morgan fingerprint density at radius 2 is 0.548 bits per heavy atom. The SMILES string of the molecule is CCC(C)(C)C.CCCCCCCCCC(=O)O.CCCCCCCCCC(=O)O.CCCCCCCCCC(=O)O. The number of rotatable bonds is 24. The molecule has 0 aromatic carbocycles. The van der Waals surface area contributed by atoms with Crippen LogP contribution in [0.4, 0.5) is 0 Å². The van der Waals surface area contributed by atoms with Crippen molar-refractivity contribution in [1.29, 1.82) is 0 Å². The van der Waals surface area contributed by atoms with Crippen LogP contribution in [0.3, 0.4) is 0 Å². The van der Waals surface area contributed by atoms with Crippen LogP contribution >= 0.6 is 0 Å². The first-order valence-electron chi connectivity index (χ1n) is 17.5. The summed E-state index contributed by atoms with van der Waals surface area (Å²) in [6.07, 6.45) is 27.2. The molecule has 0 aliphatic carbocycles. The minimum absolute atomic E-state index is 0.341. The number of hydrogen-bond acceptors (Lipinski definition) is 3. The van der Waals surface area contributed by atoms with Gasteiger partial charge in [0.25, 0.3) is 0 Å². The molecule has 0 spiro atoms. The van der Waals surface area contributed by atoms with Gasteiger partial charge in [-0.25, -0.2) is 0 Å². The zero-order chi connectivity index (χ0) is 32.9. The van der Waals surface area contributed by atoms with E-state index in [4.69, 9.17) is 15.3 Å². The fourth-order valence-corrected chi connectivity index (χ4v) is 3.70. The molecule has 0 aromatic rings. The van der Waals surface area contributed by atoms with Crippen LogP contribution in [0.25, 0.3) is 0 Å². The van der Waals surface area contributed by atoms with E-state index >= 15 is 0 Å². The Bertz CT molecular complexity index is 487. The van der Waals surface area contributed by atoms with Crippen LogP contribution in [0.1, 0.15) is 209 Å². The molecule has 254 valence electrons. The van der Waals surface area contributed by atoms with Gasteiger partial charge in [-0.3, -0.25) is 14.4 Å². The summed E-state index contributed by atoms with van der Waals surface area (Å²) in [5.74, 6) is -1.99. The Morgan fingerprint density at radius 3 is 0.690 bits per heavy atom. The van der Waals surface area contributed by atoms with Gasteiger partial charge in [-0.2, -0.15) is 0 Å². The second kappa shape index (κ2) is 39.4. The first-order chi connectivity index (χ1) is 19.9. The van der Waals surface area contributed by atoms with Gasteiger partial charge in [-0.05, 0) is 24.7 Å². The zero-order valence-electron chi connectivity index (χ0n) is 29.2. The van der Waals surface area contributed by atoms with Crippen molar-refractivity contribution in [2.24, 2.45) is 5.41 Å². The number of carboxylic acid groups (broad SMARTS) is 3. The lowest BCUT2D eigenvalue weighted by atomic mass is 9.94. The molecule has 0 rings (SSSR count). The minimum Gasteiger partial charge on any atom is -0.481 e. The van der Waals surface area contributed by atoms with Gasteiger partial charge < -0.3 is 15.3 Å². The number of unbranched alkanes of at least 4 members (excludes halogenated alkanes) is 18. The van der Waals surface area contributed by atoms with E-state index in [9.17, 15) is 14.4 Å². The van der Waals surface area contributed by atoms with Crippen molar-refractivity contribution in [1.82, 2.24) is 0 Å². The summed E-state index contributed by atoms with van der Waals surface area (Å²) >= 11 is 0. The van der Waals surface area contributed by atoms with E-state index in [1.165, 1.54) is 103 Å². The molecule has 0 saturated carbocycles. The molecule has 0 aliphatic rings. The molecule has 6 heteroatoms. The number of carbonyl (C=O) groups is 3. The van der Waals surface area contributed by atoms with Crippen molar-refractivity contribution < 1.29 is 29.7 Å². The van der Waals surface area contributed by atoms with Crippen molar-refractivity contribution in [3.63, 3.8) is 0 Å². The third-order valence-electron chi connectivity index (χ3n) is 7.04. The van der Waals surface area contributed by atoms with Crippen molar-refractivity contribution in [2.45, 2.75) is 209 Å². The highest BCUT2D eigenvalue weighted by Crippen LogP contribution is 2.16. The molecule has 3 N–H and O–H groups in total. The summed E-state index contributed by atoms with van der Waals surface area (Å²) in [5, 5.41) is 25.1. The van der Waals surface area contributed by atoms with Gasteiger partial charge in [-0.15, -0.1) is 0 Å². The maximum atomic E-state index is 10.1. The average molecular weight is 603 g/mol. The van der Waals surface area contributed by atoms with Gasteiger partial charge in [0, 0.05) is 19.3 Å². The van der Waals surface area contributed by atoms with E-state index < -0.39 is 17.9 Å². The van der Waals surface area contributed by atoms with Crippen molar-refractivity contribution >= 4 is 17.9 Å². The van der Waals surface area contributed by atoms with Gasteiger partial charge in [-0.1, -0.05) is 170 Å². The Labute approximate surface area is 261 Å². The number of carboxylic acids is 3. The molecule has 42 heavy (non-hydrogen) atoms. The van der Waals surface area contributed by atoms with Crippen LogP contribution in [0, 0.1) is 5.41 Å². The van der Waals surface area contributed by atoms with Crippen LogP contribution < -0.4 is 0 Å². The molecule has 0 aromatic heterocycles. The Balaban J connectivity index is -0.000000235. The van der Waals surface area contributed by atoms with Crippen LogP contribution in [-0.2, 0) is 14.4 Å². The molecule has 0 unspecified atom stereocenters. The normalized spacial score (nSPS) is 10.4. The quantitative estimate of drug-likeness (QED) is 0.0947. The fraction of sp³-hybridized carbons (Fsp3) is 0.917. The predicted octanol–water partition coefficient (Wildman–Crippen LogP) is 12.1. The predicted molar refractivity (Wildman–Crippen MR) is 180 cm³/mol. The first-order valence-corrected chi connectivity index (χ1v) is 17.5. The lowest BCUT2D eigenvalue weighted by molar-refractivity contribution is -0.138. The highest BCUT2D eigenvalue weighted by Gasteiger charge is 2.03. The van der Waals surface area contributed by atoms with Gasteiger partial charge in [0.15, 0.2) is 0 Å². The van der Waals surface area contributed by atoms with E-state index in [0.717, 1.165) is 38.5 Å². The highest BCUT2D eigenvalue weighted by atomic mass is 16.4. The summed E-state index contributed by atoms with van der Waals surface area (Å²) in [6, 6.07) is 0. The molecule has 0 heterocycles. The van der Waals surface area contributed by atoms with Crippen LogP contribution in [0.5, 0.6) is 0 Å². The first kappa shape index (κ1) is 47.3. The minimum atomic E-state index is -0.663. The second-order valence-corrected chi connectivity index (χ2v) is 12.7. The Kier molecular flexibility index (Phi) is 44.4. The molecule has 0 amide bonds. The summed E-state index contributed by atoms with van der Waals surface area (Å²) in [7, 11) is 0. The fourth-order valence-electron chi connectivity index (χ4n) is 3.70. The second-order valence-electron chi connectivity index (χ2n) is 12.7. The molecule has 0 fully saturated rings. The average Bonchev–Trinajstić information content (AvgIpc) is 2.92. The smallest absolute Gasteiger partial charge is 0.303 e. The standard InChI is InChI=1S/3C10H20O2.C6H14/c3*1-2-3-4-5-6-7-8-9-10(11)12;1-5-6(2,3)4/h3*2-9H2,1H3,(H,11,12);5H2,1-4H3. The zero-order valence-corrected chi connectivity index (χ0v) is 29.2. The molecular weight excluding hydrogens is 528 g/mol. The summed E-state index contributed by atoms with van der Waals surface area (Å²) in [4.78, 5) is 30.4. The van der Waals surface area contributed by atoms with E-state index in [-0.39, 0.29) is 0 Å². The largest absolute Gasteiger partial charge is 0.481 e. The number of aliphatic carboxylic acids is 3. The number of hydrogen-bond donors (Lipinski definition) is 3. The van der Waals surface area contributed by atoms with Gasteiger partial charge in [0.2, 0.25) is 0 Å². The summed E-state index contributed by atoms with van der Waals surface area (Å²) < 4.78 is 0. The molecule has 6 nitrogen and oxygen atoms in total. The van der Waals surface area contributed by atoms with Gasteiger partial charge in [0.1, 0.15) is 0 Å². The van der Waals surface area contributed by atoms with Crippen LogP contribution in [0.15, 0.2) is 0 Å². The topological polar surface area (TPSA) is 112 Å². The molecular formula is C36H74O6. The molecule has 0 radical (unpaired) electrons.